The Morgan fingerprint density at radius 2 is 0.852 bits per heavy atom. The van der Waals surface area contributed by atoms with Gasteiger partial charge in [0.05, 0.1) is 5.56 Å². The Hall–Kier alpha value is -3.52. The zero-order chi connectivity index (χ0) is 18.9. The Kier molecular flexibility index (Phi) is 6.26. The highest BCUT2D eigenvalue weighted by Crippen LogP contribution is 2.24. The lowest BCUT2D eigenvalue weighted by molar-refractivity contribution is 0.112. The normalized spacial score (nSPS) is 9.81. The quantitative estimate of drug-likeness (QED) is 0.376. The lowest BCUT2D eigenvalue weighted by Gasteiger charge is -2.04. The molecule has 0 saturated carbocycles. The predicted octanol–water partition coefficient (Wildman–Crippen LogP) is 6.66. The van der Waals surface area contributed by atoms with Crippen molar-refractivity contribution in [1.82, 2.24) is 0 Å². The summed E-state index contributed by atoms with van der Waals surface area (Å²) in [5.74, 6) is -0.465. The smallest absolute Gasteiger partial charge is 0.152 e. The van der Waals surface area contributed by atoms with E-state index in [1.807, 2.05) is 12.1 Å². The van der Waals surface area contributed by atoms with Crippen molar-refractivity contribution in [3.63, 3.8) is 0 Å². The van der Waals surface area contributed by atoms with E-state index in [9.17, 15) is 9.18 Å². The zero-order valence-electron chi connectivity index (χ0n) is 14.8. The molecule has 0 saturated heterocycles. The number of carbonyl (C=O) groups excluding carboxylic acids is 1. The van der Waals surface area contributed by atoms with E-state index in [1.54, 1.807) is 12.1 Å². The van der Waals surface area contributed by atoms with Crippen LogP contribution in [-0.2, 0) is 0 Å². The third-order valence-electron chi connectivity index (χ3n) is 4.13. The molecule has 4 aromatic carbocycles. The van der Waals surface area contributed by atoms with Gasteiger partial charge in [-0.25, -0.2) is 4.39 Å². The van der Waals surface area contributed by atoms with Crippen LogP contribution in [0.1, 0.15) is 10.4 Å². The molecule has 0 N–H and O–H groups in total. The number of hydrogen-bond acceptors (Lipinski definition) is 1. The fraction of sp³-hybridized carbons (Fsp3) is 0. The van der Waals surface area contributed by atoms with Crippen LogP contribution in [0.15, 0.2) is 109 Å². The number of halogens is 1. The number of hydrogen-bond donors (Lipinski definition) is 0. The number of benzene rings is 4. The molecule has 4 aromatic rings. The summed E-state index contributed by atoms with van der Waals surface area (Å²) in [7, 11) is 0. The molecule has 0 aliphatic heterocycles. The van der Waals surface area contributed by atoms with Crippen molar-refractivity contribution in [2.75, 3.05) is 0 Å². The molecule has 0 unspecified atom stereocenters. The SMILES string of the molecule is O=Cc1ccccc1F.c1ccc(-c2ccc(-c3ccccc3)cc2)cc1. The van der Waals surface area contributed by atoms with Gasteiger partial charge in [0.1, 0.15) is 5.82 Å². The molecule has 0 radical (unpaired) electrons. The minimum absolute atomic E-state index is 0.109. The van der Waals surface area contributed by atoms with Gasteiger partial charge >= 0.3 is 0 Å². The lowest BCUT2D eigenvalue weighted by Crippen LogP contribution is -1.83. The van der Waals surface area contributed by atoms with E-state index in [1.165, 1.54) is 34.4 Å². The van der Waals surface area contributed by atoms with E-state index in [-0.39, 0.29) is 5.56 Å². The van der Waals surface area contributed by atoms with Gasteiger partial charge < -0.3 is 0 Å². The maximum Gasteiger partial charge on any atom is 0.152 e. The first kappa shape index (κ1) is 18.3. The van der Waals surface area contributed by atoms with Crippen LogP contribution >= 0.6 is 0 Å². The molecule has 27 heavy (non-hydrogen) atoms. The van der Waals surface area contributed by atoms with E-state index >= 15 is 0 Å². The summed E-state index contributed by atoms with van der Waals surface area (Å²) in [6, 6.07) is 35.5. The van der Waals surface area contributed by atoms with Gasteiger partial charge in [0.15, 0.2) is 6.29 Å². The van der Waals surface area contributed by atoms with Gasteiger partial charge in [-0.1, -0.05) is 97.1 Å². The van der Waals surface area contributed by atoms with Gasteiger partial charge in [0.2, 0.25) is 0 Å². The van der Waals surface area contributed by atoms with Crippen molar-refractivity contribution < 1.29 is 9.18 Å². The highest BCUT2D eigenvalue weighted by Gasteiger charge is 1.99. The summed E-state index contributed by atoms with van der Waals surface area (Å²) >= 11 is 0. The van der Waals surface area contributed by atoms with E-state index < -0.39 is 5.82 Å². The number of aldehydes is 1. The molecule has 4 rings (SSSR count). The second kappa shape index (κ2) is 9.25. The summed E-state index contributed by atoms with van der Waals surface area (Å²) in [6.45, 7) is 0. The van der Waals surface area contributed by atoms with Crippen LogP contribution in [0.3, 0.4) is 0 Å². The summed E-state index contributed by atoms with van der Waals surface area (Å²) in [4.78, 5) is 9.99. The molecular weight excluding hydrogens is 335 g/mol. The molecule has 0 bridgehead atoms. The predicted molar refractivity (Wildman–Crippen MR) is 109 cm³/mol. The minimum Gasteiger partial charge on any atom is -0.298 e. The Bertz CT molecular complexity index is 919. The summed E-state index contributed by atoms with van der Waals surface area (Å²) in [6.07, 6.45) is 0.495. The largest absolute Gasteiger partial charge is 0.298 e. The van der Waals surface area contributed by atoms with Crippen LogP contribution < -0.4 is 0 Å². The van der Waals surface area contributed by atoms with Crippen molar-refractivity contribution in [2.24, 2.45) is 0 Å². The lowest BCUT2D eigenvalue weighted by atomic mass is 10.0. The maximum atomic E-state index is 12.4. The van der Waals surface area contributed by atoms with Crippen LogP contribution in [0.25, 0.3) is 22.3 Å². The number of carbonyl (C=O) groups is 1. The second-order valence-corrected chi connectivity index (χ2v) is 5.95. The molecular formula is C25H19FO. The molecule has 0 spiro atoms. The van der Waals surface area contributed by atoms with Crippen molar-refractivity contribution in [3.05, 3.63) is 121 Å². The van der Waals surface area contributed by atoms with E-state index in [0.717, 1.165) is 0 Å². The molecule has 0 aliphatic rings. The molecule has 0 atom stereocenters. The van der Waals surface area contributed by atoms with Crippen LogP contribution in [0.2, 0.25) is 0 Å². The highest BCUT2D eigenvalue weighted by atomic mass is 19.1. The maximum absolute atomic E-state index is 12.4. The van der Waals surface area contributed by atoms with Crippen LogP contribution in [-0.4, -0.2) is 6.29 Å². The molecule has 0 heterocycles. The van der Waals surface area contributed by atoms with Crippen molar-refractivity contribution in [1.29, 1.82) is 0 Å². The first-order chi connectivity index (χ1) is 13.3. The first-order valence-electron chi connectivity index (χ1n) is 8.68. The van der Waals surface area contributed by atoms with Gasteiger partial charge in [0, 0.05) is 0 Å². The zero-order valence-corrected chi connectivity index (χ0v) is 14.8. The fourth-order valence-electron chi connectivity index (χ4n) is 2.69. The highest BCUT2D eigenvalue weighted by molar-refractivity contribution is 5.74. The standard InChI is InChI=1S/C18H14.C7H5FO/c1-3-7-15(8-4-1)17-11-13-18(14-12-17)16-9-5-2-6-10-16;8-7-4-2-1-3-6(7)5-9/h1-14H;1-5H. The summed E-state index contributed by atoms with van der Waals surface area (Å²) < 4.78 is 12.4. The number of rotatable bonds is 3. The minimum atomic E-state index is -0.465. The van der Waals surface area contributed by atoms with Crippen LogP contribution in [0, 0.1) is 5.82 Å². The third-order valence-corrected chi connectivity index (χ3v) is 4.13. The van der Waals surface area contributed by atoms with Gasteiger partial charge in [-0.3, -0.25) is 4.79 Å². The summed E-state index contributed by atoms with van der Waals surface area (Å²) in [5.41, 5.74) is 5.15. The molecule has 0 aliphatic carbocycles. The van der Waals surface area contributed by atoms with Crippen molar-refractivity contribution >= 4 is 6.29 Å². The second-order valence-electron chi connectivity index (χ2n) is 5.95. The van der Waals surface area contributed by atoms with E-state index in [0.29, 0.717) is 6.29 Å². The molecule has 0 fully saturated rings. The Balaban J connectivity index is 0.000000197. The van der Waals surface area contributed by atoms with Gasteiger partial charge in [-0.15, -0.1) is 0 Å². The molecule has 0 aromatic heterocycles. The van der Waals surface area contributed by atoms with Crippen LogP contribution in [0.4, 0.5) is 4.39 Å². The van der Waals surface area contributed by atoms with Crippen molar-refractivity contribution in [2.45, 2.75) is 0 Å². The average molecular weight is 354 g/mol. The fourth-order valence-corrected chi connectivity index (χ4v) is 2.69. The molecule has 132 valence electrons. The molecule has 0 amide bonds. The van der Waals surface area contributed by atoms with Crippen LogP contribution in [0.5, 0.6) is 0 Å². The topological polar surface area (TPSA) is 17.1 Å². The van der Waals surface area contributed by atoms with Crippen molar-refractivity contribution in [3.8, 4) is 22.3 Å². The first-order valence-corrected chi connectivity index (χ1v) is 8.68. The Labute approximate surface area is 158 Å². The van der Waals surface area contributed by atoms with Gasteiger partial charge in [0.25, 0.3) is 0 Å². The van der Waals surface area contributed by atoms with E-state index in [2.05, 4.69) is 72.8 Å². The van der Waals surface area contributed by atoms with Gasteiger partial charge in [-0.2, -0.15) is 0 Å². The Morgan fingerprint density at radius 1 is 0.481 bits per heavy atom. The molecule has 2 heteroatoms. The van der Waals surface area contributed by atoms with E-state index in [4.69, 9.17) is 0 Å². The average Bonchev–Trinajstić information content (AvgIpc) is 2.76. The Morgan fingerprint density at radius 3 is 1.22 bits per heavy atom. The monoisotopic (exact) mass is 354 g/mol. The summed E-state index contributed by atoms with van der Waals surface area (Å²) in [5, 5.41) is 0. The van der Waals surface area contributed by atoms with Gasteiger partial charge in [-0.05, 0) is 34.4 Å². The third kappa shape index (κ3) is 4.99. The molecule has 1 nitrogen and oxygen atoms in total.